The summed E-state index contributed by atoms with van der Waals surface area (Å²) in [5.41, 5.74) is 3.15. The lowest BCUT2D eigenvalue weighted by molar-refractivity contribution is -0.384. The summed E-state index contributed by atoms with van der Waals surface area (Å²) in [4.78, 5) is 31.7. The number of likely N-dealkylation sites (N-methyl/N-ethyl adjacent to an activating group) is 1. The second kappa shape index (κ2) is 9.96. The molecule has 7 nitrogen and oxygen atoms in total. The van der Waals surface area contributed by atoms with Crippen LogP contribution in [-0.4, -0.2) is 58.3 Å². The lowest BCUT2D eigenvalue weighted by Gasteiger charge is -2.34. The van der Waals surface area contributed by atoms with Crippen LogP contribution in [0.2, 0.25) is 0 Å². The van der Waals surface area contributed by atoms with Crippen LogP contribution in [0, 0.1) is 10.1 Å². The maximum atomic E-state index is 13.2. The number of carbonyl (C=O) groups is 1. The number of fused-ring (bicyclic) bond motifs is 1. The Morgan fingerprint density at radius 2 is 1.88 bits per heavy atom. The minimum Gasteiger partial charge on any atom is -0.361 e. The van der Waals surface area contributed by atoms with Crippen LogP contribution in [0.15, 0.2) is 54.7 Å². The highest BCUT2D eigenvalue weighted by Crippen LogP contribution is 2.34. The molecule has 7 heteroatoms. The number of benzene rings is 2. The quantitative estimate of drug-likeness (QED) is 0.422. The van der Waals surface area contributed by atoms with Gasteiger partial charge in [0.05, 0.1) is 4.92 Å². The highest BCUT2D eigenvalue weighted by molar-refractivity contribution is 5.87. The Morgan fingerprint density at radius 1 is 1.12 bits per heavy atom. The lowest BCUT2D eigenvalue weighted by Crippen LogP contribution is -2.48. The van der Waals surface area contributed by atoms with Gasteiger partial charge in [-0.05, 0) is 42.5 Å². The van der Waals surface area contributed by atoms with Crippen LogP contribution >= 0.6 is 0 Å². The number of nitrogens with zero attached hydrogens (tertiary/aromatic N) is 3. The number of nitro groups is 1. The molecule has 2 heterocycles. The maximum absolute atomic E-state index is 13.2. The van der Waals surface area contributed by atoms with Crippen molar-refractivity contribution in [1.29, 1.82) is 0 Å². The Kier molecular flexibility index (Phi) is 6.85. The number of piperazine rings is 1. The molecule has 1 fully saturated rings. The van der Waals surface area contributed by atoms with Gasteiger partial charge in [0.15, 0.2) is 0 Å². The van der Waals surface area contributed by atoms with Crippen LogP contribution in [0.1, 0.15) is 36.8 Å². The zero-order valence-corrected chi connectivity index (χ0v) is 18.5. The van der Waals surface area contributed by atoms with Crippen molar-refractivity contribution in [2.75, 3.05) is 32.7 Å². The number of H-pyrrole nitrogens is 1. The van der Waals surface area contributed by atoms with Crippen molar-refractivity contribution in [2.24, 2.45) is 0 Å². The fourth-order valence-electron chi connectivity index (χ4n) is 4.59. The third kappa shape index (κ3) is 4.99. The number of amides is 1. The van der Waals surface area contributed by atoms with Crippen LogP contribution in [0.5, 0.6) is 0 Å². The van der Waals surface area contributed by atoms with Gasteiger partial charge in [-0.2, -0.15) is 0 Å². The van der Waals surface area contributed by atoms with Crippen LogP contribution in [-0.2, 0) is 11.2 Å². The first-order valence-electron chi connectivity index (χ1n) is 11.3. The smallest absolute Gasteiger partial charge is 0.270 e. The van der Waals surface area contributed by atoms with Crippen molar-refractivity contribution in [1.82, 2.24) is 14.8 Å². The molecule has 0 spiro atoms. The first-order chi connectivity index (χ1) is 15.5. The molecule has 32 heavy (non-hydrogen) atoms. The Labute approximate surface area is 188 Å². The van der Waals surface area contributed by atoms with E-state index in [9.17, 15) is 14.9 Å². The molecular formula is C25H30N4O3. The topological polar surface area (TPSA) is 82.5 Å². The zero-order valence-electron chi connectivity index (χ0n) is 18.5. The molecular weight excluding hydrogens is 404 g/mol. The van der Waals surface area contributed by atoms with Gasteiger partial charge in [-0.15, -0.1) is 0 Å². The number of hydrogen-bond donors (Lipinski definition) is 1. The summed E-state index contributed by atoms with van der Waals surface area (Å²) in [6.45, 7) is 6.50. The Morgan fingerprint density at radius 3 is 2.56 bits per heavy atom. The molecule has 4 rings (SSSR count). The SMILES string of the molecule is CCN1CCN(C(=O)CC(CCc2ccccc2)c2c[nH]c3ccc([N+](=O)[O-])cc23)CC1. The van der Waals surface area contributed by atoms with Gasteiger partial charge >= 0.3 is 0 Å². The molecule has 0 saturated carbocycles. The number of carbonyl (C=O) groups excluding carboxylic acids is 1. The Hall–Kier alpha value is -3.19. The molecule has 1 atom stereocenters. The first kappa shape index (κ1) is 22.0. The van der Waals surface area contributed by atoms with Crippen molar-refractivity contribution < 1.29 is 9.72 Å². The molecule has 0 radical (unpaired) electrons. The number of aromatic nitrogens is 1. The van der Waals surface area contributed by atoms with Gasteiger partial charge in [-0.25, -0.2) is 0 Å². The summed E-state index contributed by atoms with van der Waals surface area (Å²) in [7, 11) is 0. The number of aromatic amines is 1. The van der Waals surface area contributed by atoms with E-state index in [1.807, 2.05) is 29.3 Å². The third-order valence-electron chi connectivity index (χ3n) is 6.57. The summed E-state index contributed by atoms with van der Waals surface area (Å²) in [5.74, 6) is 0.154. The van der Waals surface area contributed by atoms with E-state index in [2.05, 4.69) is 28.9 Å². The minimum atomic E-state index is -0.367. The van der Waals surface area contributed by atoms with Crippen molar-refractivity contribution in [3.8, 4) is 0 Å². The largest absolute Gasteiger partial charge is 0.361 e. The number of nitrogens with one attached hydrogen (secondary N) is 1. The normalized spacial score (nSPS) is 15.7. The molecule has 168 valence electrons. The molecule has 3 aromatic rings. The number of rotatable bonds is 8. The summed E-state index contributed by atoms with van der Waals surface area (Å²) >= 11 is 0. The van der Waals surface area contributed by atoms with Crippen molar-refractivity contribution in [3.63, 3.8) is 0 Å². The van der Waals surface area contributed by atoms with Gasteiger partial charge in [-0.1, -0.05) is 37.3 Å². The molecule has 1 aliphatic heterocycles. The molecule has 1 unspecified atom stereocenters. The number of aryl methyl sites for hydroxylation is 1. The van der Waals surface area contributed by atoms with Crippen molar-refractivity contribution in [3.05, 3.63) is 76.0 Å². The number of hydrogen-bond acceptors (Lipinski definition) is 4. The van der Waals surface area contributed by atoms with Crippen LogP contribution in [0.25, 0.3) is 10.9 Å². The standard InChI is InChI=1S/C25H30N4O3/c1-2-27-12-14-28(15-13-27)25(30)16-20(9-8-19-6-4-3-5-7-19)23-18-26-24-11-10-21(29(31)32)17-22(23)24/h3-7,10-11,17-18,20,26H,2,8-9,12-16H2,1H3. The second-order valence-electron chi connectivity index (χ2n) is 8.47. The van der Waals surface area contributed by atoms with Gasteiger partial charge in [0, 0.05) is 61.8 Å². The first-order valence-corrected chi connectivity index (χ1v) is 11.3. The van der Waals surface area contributed by atoms with Crippen LogP contribution in [0.4, 0.5) is 5.69 Å². The predicted octanol–water partition coefficient (Wildman–Crippen LogP) is 4.35. The lowest BCUT2D eigenvalue weighted by atomic mass is 9.88. The molecule has 1 aromatic heterocycles. The van der Waals surface area contributed by atoms with E-state index in [1.54, 1.807) is 12.1 Å². The third-order valence-corrected chi connectivity index (χ3v) is 6.57. The summed E-state index contributed by atoms with van der Waals surface area (Å²) < 4.78 is 0. The summed E-state index contributed by atoms with van der Waals surface area (Å²) in [6.07, 6.45) is 3.99. The molecule has 1 saturated heterocycles. The van der Waals surface area contributed by atoms with Gasteiger partial charge in [-0.3, -0.25) is 14.9 Å². The maximum Gasteiger partial charge on any atom is 0.270 e. The van der Waals surface area contributed by atoms with Gasteiger partial charge < -0.3 is 14.8 Å². The van der Waals surface area contributed by atoms with Gasteiger partial charge in [0.2, 0.25) is 5.91 Å². The highest BCUT2D eigenvalue weighted by atomic mass is 16.6. The van der Waals surface area contributed by atoms with E-state index in [1.165, 1.54) is 11.6 Å². The van der Waals surface area contributed by atoms with Crippen molar-refractivity contribution >= 4 is 22.5 Å². The summed E-state index contributed by atoms with van der Waals surface area (Å²) in [6, 6.07) is 15.1. The molecule has 0 aliphatic carbocycles. The molecule has 1 aliphatic rings. The average molecular weight is 435 g/mol. The zero-order chi connectivity index (χ0) is 22.5. The van der Waals surface area contributed by atoms with Gasteiger partial charge in [0.1, 0.15) is 0 Å². The van der Waals surface area contributed by atoms with Crippen LogP contribution < -0.4 is 0 Å². The second-order valence-corrected chi connectivity index (χ2v) is 8.47. The average Bonchev–Trinajstić information content (AvgIpc) is 3.25. The monoisotopic (exact) mass is 434 g/mol. The predicted molar refractivity (Wildman–Crippen MR) is 126 cm³/mol. The molecule has 1 amide bonds. The fraction of sp³-hybridized carbons (Fsp3) is 0.400. The van der Waals surface area contributed by atoms with E-state index >= 15 is 0 Å². The highest BCUT2D eigenvalue weighted by Gasteiger charge is 2.26. The van der Waals surface area contributed by atoms with Gasteiger partial charge in [0.25, 0.3) is 5.69 Å². The van der Waals surface area contributed by atoms with Crippen LogP contribution in [0.3, 0.4) is 0 Å². The Bertz CT molecular complexity index is 1070. The minimum absolute atomic E-state index is 0.0114. The van der Waals surface area contributed by atoms with E-state index in [4.69, 9.17) is 0 Å². The molecule has 0 bridgehead atoms. The fourth-order valence-corrected chi connectivity index (χ4v) is 4.59. The number of nitro benzene ring substituents is 1. The van der Waals surface area contributed by atoms with E-state index < -0.39 is 0 Å². The van der Waals surface area contributed by atoms with E-state index in [0.29, 0.717) is 6.42 Å². The molecule has 1 N–H and O–H groups in total. The Balaban J connectivity index is 1.57. The number of non-ortho nitro benzene ring substituents is 1. The van der Waals surface area contributed by atoms with E-state index in [0.717, 1.165) is 62.0 Å². The summed E-state index contributed by atoms with van der Waals surface area (Å²) in [5, 5.41) is 12.2. The van der Waals surface area contributed by atoms with E-state index in [-0.39, 0.29) is 22.4 Å². The van der Waals surface area contributed by atoms with Crippen molar-refractivity contribution in [2.45, 2.75) is 32.1 Å². The molecule has 2 aromatic carbocycles.